The van der Waals surface area contributed by atoms with Crippen LogP contribution in [0.15, 0.2) is 30.3 Å². The molecule has 2 bridgehead atoms. The number of amides is 2. The molecular formula is C26H37BN2O5. The Labute approximate surface area is 203 Å². The van der Waals surface area contributed by atoms with Crippen LogP contribution in [-0.2, 0) is 25.3 Å². The van der Waals surface area contributed by atoms with Crippen molar-refractivity contribution in [3.05, 3.63) is 35.9 Å². The largest absolute Gasteiger partial charge is 0.482 e. The first kappa shape index (κ1) is 23.7. The van der Waals surface area contributed by atoms with Crippen LogP contribution in [0, 0.1) is 17.3 Å². The van der Waals surface area contributed by atoms with E-state index < -0.39 is 13.2 Å². The number of nitrogens with zero attached hydrogens (tertiary/aromatic N) is 1. The molecule has 6 rings (SSSR count). The first-order valence-corrected chi connectivity index (χ1v) is 12.8. The molecule has 8 heteroatoms. The van der Waals surface area contributed by atoms with E-state index in [1.54, 1.807) is 11.8 Å². The van der Waals surface area contributed by atoms with Gasteiger partial charge in [-0.3, -0.25) is 4.79 Å². The van der Waals surface area contributed by atoms with Crippen molar-refractivity contribution in [3.63, 3.8) is 0 Å². The van der Waals surface area contributed by atoms with Crippen LogP contribution in [0.25, 0.3) is 0 Å². The Hall–Kier alpha value is -2.06. The summed E-state index contributed by atoms with van der Waals surface area (Å²) in [6.45, 7) is 9.59. The Balaban J connectivity index is 1.28. The molecule has 1 N–H and O–H groups in total. The molecule has 3 aliphatic carbocycles. The minimum absolute atomic E-state index is 0.0144. The highest BCUT2D eigenvalue weighted by molar-refractivity contribution is 6.47. The van der Waals surface area contributed by atoms with Gasteiger partial charge >= 0.3 is 13.2 Å². The number of ether oxygens (including phenoxy) is 1. The van der Waals surface area contributed by atoms with Crippen LogP contribution in [-0.4, -0.2) is 60.9 Å². The molecular weight excluding hydrogens is 431 g/mol. The van der Waals surface area contributed by atoms with E-state index >= 15 is 0 Å². The fourth-order valence-corrected chi connectivity index (χ4v) is 6.81. The first-order valence-electron chi connectivity index (χ1n) is 12.8. The van der Waals surface area contributed by atoms with Gasteiger partial charge in [-0.1, -0.05) is 44.2 Å². The van der Waals surface area contributed by atoms with Crippen molar-refractivity contribution in [1.82, 2.24) is 10.2 Å². The Morgan fingerprint density at radius 3 is 2.71 bits per heavy atom. The van der Waals surface area contributed by atoms with Gasteiger partial charge in [-0.2, -0.15) is 0 Å². The van der Waals surface area contributed by atoms with E-state index in [-0.39, 0.29) is 35.1 Å². The fraction of sp³-hybridized carbons (Fsp3) is 0.692. The van der Waals surface area contributed by atoms with Crippen molar-refractivity contribution in [2.24, 2.45) is 17.3 Å². The van der Waals surface area contributed by atoms with Crippen LogP contribution in [0.4, 0.5) is 4.79 Å². The molecule has 1 aromatic carbocycles. The Kier molecular flexibility index (Phi) is 6.17. The molecule has 2 amide bonds. The SMILES string of the molecule is CC(=O)N1CCC[C@H](OC(=O)N[C@@H](Cc2ccccc2)B2O[C@@H]3C[C@@H]4C[C@@H](C4(C)C)[C@]3(C)O2)C1. The highest BCUT2D eigenvalue weighted by atomic mass is 16.7. The fourth-order valence-electron chi connectivity index (χ4n) is 6.81. The van der Waals surface area contributed by atoms with Crippen molar-refractivity contribution in [2.45, 2.75) is 83.5 Å². The number of benzene rings is 1. The zero-order valence-corrected chi connectivity index (χ0v) is 20.8. The molecule has 2 aliphatic heterocycles. The van der Waals surface area contributed by atoms with Gasteiger partial charge in [0.2, 0.25) is 5.91 Å². The third-order valence-electron chi connectivity index (χ3n) is 9.00. The first-order chi connectivity index (χ1) is 16.2. The van der Waals surface area contributed by atoms with Gasteiger partial charge < -0.3 is 24.3 Å². The van der Waals surface area contributed by atoms with Crippen LogP contribution >= 0.6 is 0 Å². The molecule has 7 nitrogen and oxygen atoms in total. The number of hydrogen-bond donors (Lipinski definition) is 1. The highest BCUT2D eigenvalue weighted by Gasteiger charge is 2.68. The number of carbonyl (C=O) groups excluding carboxylic acids is 2. The summed E-state index contributed by atoms with van der Waals surface area (Å²) in [4.78, 5) is 26.5. The van der Waals surface area contributed by atoms with Crippen molar-refractivity contribution in [2.75, 3.05) is 13.1 Å². The monoisotopic (exact) mass is 468 g/mol. The minimum Gasteiger partial charge on any atom is -0.444 e. The Morgan fingerprint density at radius 1 is 1.24 bits per heavy atom. The Morgan fingerprint density at radius 2 is 2.00 bits per heavy atom. The van der Waals surface area contributed by atoms with Crippen LogP contribution in [0.5, 0.6) is 0 Å². The third kappa shape index (κ3) is 4.24. The maximum Gasteiger partial charge on any atom is 0.482 e. The number of alkyl carbamates (subject to hydrolysis) is 1. The average molecular weight is 468 g/mol. The third-order valence-corrected chi connectivity index (χ3v) is 9.00. The normalized spacial score (nSPS) is 34.6. The molecule has 0 aromatic heterocycles. The molecule has 0 spiro atoms. The molecule has 5 aliphatic rings. The summed E-state index contributed by atoms with van der Waals surface area (Å²) in [5.74, 6) is 0.766. The summed E-state index contributed by atoms with van der Waals surface area (Å²) >= 11 is 0. The van der Waals surface area contributed by atoms with Gasteiger partial charge in [0.25, 0.3) is 0 Å². The second-order valence-electron chi connectivity index (χ2n) is 11.4. The summed E-state index contributed by atoms with van der Waals surface area (Å²) < 4.78 is 18.9. The van der Waals surface area contributed by atoms with Gasteiger partial charge in [0.1, 0.15) is 6.10 Å². The van der Waals surface area contributed by atoms with Crippen molar-refractivity contribution >= 4 is 19.1 Å². The van der Waals surface area contributed by atoms with Gasteiger partial charge in [0.15, 0.2) is 0 Å². The number of likely N-dealkylation sites (tertiary alicyclic amines) is 1. The second-order valence-corrected chi connectivity index (χ2v) is 11.4. The summed E-state index contributed by atoms with van der Waals surface area (Å²) in [5, 5.41) is 3.06. The second kappa shape index (κ2) is 8.87. The van der Waals surface area contributed by atoms with Crippen LogP contribution in [0.1, 0.15) is 58.9 Å². The maximum absolute atomic E-state index is 13.0. The summed E-state index contributed by atoms with van der Waals surface area (Å²) in [6, 6.07) is 10.1. The zero-order valence-electron chi connectivity index (χ0n) is 20.8. The lowest BCUT2D eigenvalue weighted by atomic mass is 9.43. The van der Waals surface area contributed by atoms with E-state index in [9.17, 15) is 9.59 Å². The molecule has 0 radical (unpaired) electrons. The quantitative estimate of drug-likeness (QED) is 0.669. The molecule has 2 saturated heterocycles. The Bertz CT molecular complexity index is 927. The summed E-state index contributed by atoms with van der Waals surface area (Å²) in [7, 11) is -0.530. The van der Waals surface area contributed by atoms with E-state index in [1.165, 1.54) is 6.42 Å². The van der Waals surface area contributed by atoms with Crippen LogP contribution in [0.2, 0.25) is 0 Å². The number of carbonyl (C=O) groups is 2. The van der Waals surface area contributed by atoms with Gasteiger partial charge in [0, 0.05) is 13.5 Å². The van der Waals surface area contributed by atoms with E-state index in [4.69, 9.17) is 14.0 Å². The van der Waals surface area contributed by atoms with Crippen molar-refractivity contribution < 1.29 is 23.6 Å². The lowest BCUT2D eigenvalue weighted by Gasteiger charge is -2.64. The average Bonchev–Trinajstić information content (AvgIpc) is 3.16. The van der Waals surface area contributed by atoms with Gasteiger partial charge in [-0.25, -0.2) is 4.79 Å². The molecule has 0 unspecified atom stereocenters. The van der Waals surface area contributed by atoms with E-state index in [2.05, 4.69) is 38.2 Å². The van der Waals surface area contributed by atoms with Crippen LogP contribution in [0.3, 0.4) is 0 Å². The topological polar surface area (TPSA) is 77.1 Å². The molecule has 6 atom stereocenters. The van der Waals surface area contributed by atoms with E-state index in [1.807, 2.05) is 18.2 Å². The smallest absolute Gasteiger partial charge is 0.444 e. The minimum atomic E-state index is -0.530. The lowest BCUT2D eigenvalue weighted by Crippen LogP contribution is -2.65. The standard InChI is InChI=1S/C26H37BN2O5/c1-17(30)29-12-8-11-20(16-29)32-24(31)28-23(13-18-9-6-5-7-10-18)27-33-22-15-19-14-21(25(19,2)3)26(22,4)34-27/h5-7,9-10,19-23H,8,11-16H2,1-4H3,(H,28,31)/t19-,20-,21-,22+,23-,26-/m0/s1. The number of piperidine rings is 1. The summed E-state index contributed by atoms with van der Waals surface area (Å²) in [5.41, 5.74) is 1.02. The molecule has 184 valence electrons. The van der Waals surface area contributed by atoms with Crippen molar-refractivity contribution in [3.8, 4) is 0 Å². The van der Waals surface area contributed by atoms with E-state index in [0.717, 1.165) is 31.4 Å². The van der Waals surface area contributed by atoms with Crippen LogP contribution < -0.4 is 5.32 Å². The number of rotatable bonds is 5. The molecule has 34 heavy (non-hydrogen) atoms. The molecule has 5 fully saturated rings. The summed E-state index contributed by atoms with van der Waals surface area (Å²) in [6.07, 6.45) is 3.64. The predicted octanol–water partition coefficient (Wildman–Crippen LogP) is 3.60. The number of hydrogen-bond acceptors (Lipinski definition) is 5. The van der Waals surface area contributed by atoms with Crippen molar-refractivity contribution in [1.29, 1.82) is 0 Å². The lowest BCUT2D eigenvalue weighted by molar-refractivity contribution is -0.199. The highest BCUT2D eigenvalue weighted by Crippen LogP contribution is 2.65. The van der Waals surface area contributed by atoms with E-state index in [0.29, 0.717) is 24.8 Å². The maximum atomic E-state index is 13.0. The molecule has 2 heterocycles. The van der Waals surface area contributed by atoms with Gasteiger partial charge in [-0.05, 0) is 61.8 Å². The van der Waals surface area contributed by atoms with Gasteiger partial charge in [-0.15, -0.1) is 0 Å². The zero-order chi connectivity index (χ0) is 24.1. The molecule has 1 aromatic rings. The number of nitrogens with one attached hydrogen (secondary N) is 1. The van der Waals surface area contributed by atoms with Gasteiger partial charge in [0.05, 0.1) is 24.2 Å². The molecule has 3 saturated carbocycles. The predicted molar refractivity (Wildman–Crippen MR) is 129 cm³/mol.